The number of amides is 1. The summed E-state index contributed by atoms with van der Waals surface area (Å²) < 4.78 is 10.1. The van der Waals surface area contributed by atoms with Gasteiger partial charge in [-0.2, -0.15) is 0 Å². The standard InChI is InChI=1S/C13H16ClNO4/c1-2-3-6-18-12(16)8-19-11-5-4-9(14)7-10(11)13(15)17/h4-5,7H,2-3,6,8H2,1H3,(H2,15,17). The second-order valence-corrected chi connectivity index (χ2v) is 4.30. The van der Waals surface area contributed by atoms with Crippen molar-refractivity contribution in [2.45, 2.75) is 19.8 Å². The fourth-order valence-electron chi connectivity index (χ4n) is 1.33. The lowest BCUT2D eigenvalue weighted by molar-refractivity contribution is -0.146. The number of nitrogens with two attached hydrogens (primary N) is 1. The van der Waals surface area contributed by atoms with E-state index >= 15 is 0 Å². The lowest BCUT2D eigenvalue weighted by Crippen LogP contribution is -2.18. The van der Waals surface area contributed by atoms with Crippen molar-refractivity contribution in [3.8, 4) is 5.75 Å². The molecule has 2 N–H and O–H groups in total. The van der Waals surface area contributed by atoms with Crippen molar-refractivity contribution in [3.05, 3.63) is 28.8 Å². The van der Waals surface area contributed by atoms with Gasteiger partial charge < -0.3 is 15.2 Å². The van der Waals surface area contributed by atoms with Crippen LogP contribution in [0.1, 0.15) is 30.1 Å². The highest BCUT2D eigenvalue weighted by Gasteiger charge is 2.12. The van der Waals surface area contributed by atoms with E-state index in [2.05, 4.69) is 0 Å². The Labute approximate surface area is 116 Å². The number of ether oxygens (including phenoxy) is 2. The maximum atomic E-state index is 11.3. The van der Waals surface area contributed by atoms with Crippen LogP contribution in [0.3, 0.4) is 0 Å². The van der Waals surface area contributed by atoms with Gasteiger partial charge in [0.1, 0.15) is 5.75 Å². The summed E-state index contributed by atoms with van der Waals surface area (Å²) >= 11 is 5.75. The van der Waals surface area contributed by atoms with Crippen LogP contribution in [0.5, 0.6) is 5.75 Å². The predicted octanol–water partition coefficient (Wildman–Crippen LogP) is 2.16. The fourth-order valence-corrected chi connectivity index (χ4v) is 1.50. The molecule has 0 aromatic heterocycles. The highest BCUT2D eigenvalue weighted by atomic mass is 35.5. The summed E-state index contributed by atoms with van der Waals surface area (Å²) in [7, 11) is 0. The van der Waals surface area contributed by atoms with E-state index in [0.29, 0.717) is 11.6 Å². The SMILES string of the molecule is CCCCOC(=O)COc1ccc(Cl)cc1C(N)=O. The number of hydrogen-bond donors (Lipinski definition) is 1. The second kappa shape index (κ2) is 7.63. The van der Waals surface area contributed by atoms with E-state index in [-0.39, 0.29) is 17.9 Å². The molecule has 1 rings (SSSR count). The highest BCUT2D eigenvalue weighted by Crippen LogP contribution is 2.22. The van der Waals surface area contributed by atoms with Crippen molar-refractivity contribution in [3.63, 3.8) is 0 Å². The molecule has 1 amide bonds. The van der Waals surface area contributed by atoms with Gasteiger partial charge in [0.2, 0.25) is 0 Å². The third-order valence-electron chi connectivity index (χ3n) is 2.31. The van der Waals surface area contributed by atoms with Crippen LogP contribution in [-0.2, 0) is 9.53 Å². The van der Waals surface area contributed by atoms with Crippen molar-refractivity contribution in [2.24, 2.45) is 5.73 Å². The van der Waals surface area contributed by atoms with Gasteiger partial charge in [0.25, 0.3) is 5.91 Å². The van der Waals surface area contributed by atoms with Crippen LogP contribution in [-0.4, -0.2) is 25.1 Å². The zero-order valence-electron chi connectivity index (χ0n) is 10.6. The minimum absolute atomic E-state index is 0.133. The van der Waals surface area contributed by atoms with E-state index in [1.807, 2.05) is 6.92 Å². The molecule has 0 aliphatic rings. The van der Waals surface area contributed by atoms with Crippen molar-refractivity contribution in [2.75, 3.05) is 13.2 Å². The zero-order valence-corrected chi connectivity index (χ0v) is 11.4. The molecule has 0 heterocycles. The molecule has 6 heteroatoms. The van der Waals surface area contributed by atoms with E-state index < -0.39 is 11.9 Å². The molecule has 0 spiro atoms. The lowest BCUT2D eigenvalue weighted by atomic mass is 10.2. The molecule has 0 fully saturated rings. The summed E-state index contributed by atoms with van der Waals surface area (Å²) in [6, 6.07) is 4.43. The van der Waals surface area contributed by atoms with Gasteiger partial charge in [-0.25, -0.2) is 4.79 Å². The predicted molar refractivity (Wildman–Crippen MR) is 71.3 cm³/mol. The molecule has 19 heavy (non-hydrogen) atoms. The minimum Gasteiger partial charge on any atom is -0.481 e. The maximum Gasteiger partial charge on any atom is 0.344 e. The number of benzene rings is 1. The van der Waals surface area contributed by atoms with Crippen molar-refractivity contribution >= 4 is 23.5 Å². The van der Waals surface area contributed by atoms with E-state index in [1.54, 1.807) is 6.07 Å². The molecule has 0 bridgehead atoms. The molecule has 1 aromatic rings. The van der Waals surface area contributed by atoms with Gasteiger partial charge in [-0.15, -0.1) is 0 Å². The Morgan fingerprint density at radius 3 is 2.74 bits per heavy atom. The largest absolute Gasteiger partial charge is 0.481 e. The van der Waals surface area contributed by atoms with Crippen molar-refractivity contribution in [1.29, 1.82) is 0 Å². The summed E-state index contributed by atoms with van der Waals surface area (Å²) in [5, 5.41) is 0.367. The normalized spacial score (nSPS) is 10.0. The molecular weight excluding hydrogens is 270 g/mol. The minimum atomic E-state index is -0.670. The number of esters is 1. The summed E-state index contributed by atoms with van der Waals surface area (Å²) in [6.45, 7) is 2.09. The number of unbranched alkanes of at least 4 members (excludes halogenated alkanes) is 1. The third kappa shape index (κ3) is 5.18. The van der Waals surface area contributed by atoms with Crippen LogP contribution in [0.25, 0.3) is 0 Å². The summed E-state index contributed by atoms with van der Waals surface area (Å²) in [6.07, 6.45) is 1.75. The Kier molecular flexibility index (Phi) is 6.15. The molecule has 0 atom stereocenters. The van der Waals surface area contributed by atoms with Crippen LogP contribution in [0.2, 0.25) is 5.02 Å². The van der Waals surface area contributed by atoms with Crippen LogP contribution >= 0.6 is 11.6 Å². The molecule has 0 aliphatic carbocycles. The van der Waals surface area contributed by atoms with Crippen LogP contribution in [0.4, 0.5) is 0 Å². The molecule has 104 valence electrons. The lowest BCUT2D eigenvalue weighted by Gasteiger charge is -2.09. The molecular formula is C13H16ClNO4. The van der Waals surface area contributed by atoms with Gasteiger partial charge in [0.05, 0.1) is 12.2 Å². The number of rotatable bonds is 7. The molecule has 1 aromatic carbocycles. The van der Waals surface area contributed by atoms with Gasteiger partial charge in [-0.1, -0.05) is 24.9 Å². The van der Waals surface area contributed by atoms with Gasteiger partial charge in [0.15, 0.2) is 6.61 Å². The van der Waals surface area contributed by atoms with Crippen molar-refractivity contribution in [1.82, 2.24) is 0 Å². The summed E-state index contributed by atoms with van der Waals surface area (Å²) in [5.41, 5.74) is 5.33. The smallest absolute Gasteiger partial charge is 0.344 e. The molecule has 0 unspecified atom stereocenters. The molecule has 0 saturated heterocycles. The first-order valence-corrected chi connectivity index (χ1v) is 6.30. The number of primary amides is 1. The van der Waals surface area contributed by atoms with Crippen molar-refractivity contribution < 1.29 is 19.1 Å². The summed E-state index contributed by atoms with van der Waals surface area (Å²) in [4.78, 5) is 22.5. The number of halogens is 1. The van der Waals surface area contributed by atoms with Gasteiger partial charge in [0, 0.05) is 5.02 Å². The highest BCUT2D eigenvalue weighted by molar-refractivity contribution is 6.31. The first-order chi connectivity index (χ1) is 9.04. The Balaban J connectivity index is 2.57. The third-order valence-corrected chi connectivity index (χ3v) is 2.55. The summed E-state index contributed by atoms with van der Waals surface area (Å²) in [5.74, 6) is -0.944. The zero-order chi connectivity index (χ0) is 14.3. The van der Waals surface area contributed by atoms with Gasteiger partial charge in [-0.3, -0.25) is 4.79 Å². The topological polar surface area (TPSA) is 78.6 Å². The Hall–Kier alpha value is -1.75. The van der Waals surface area contributed by atoms with Crippen LogP contribution in [0, 0.1) is 0 Å². The average molecular weight is 286 g/mol. The fraction of sp³-hybridized carbons (Fsp3) is 0.385. The molecule has 0 saturated carbocycles. The monoisotopic (exact) mass is 285 g/mol. The van der Waals surface area contributed by atoms with Gasteiger partial charge in [-0.05, 0) is 24.6 Å². The molecule has 5 nitrogen and oxygen atoms in total. The van der Waals surface area contributed by atoms with Crippen LogP contribution in [0.15, 0.2) is 18.2 Å². The number of carbonyl (C=O) groups excluding carboxylic acids is 2. The van der Waals surface area contributed by atoms with E-state index in [4.69, 9.17) is 26.8 Å². The van der Waals surface area contributed by atoms with E-state index in [9.17, 15) is 9.59 Å². The average Bonchev–Trinajstić information content (AvgIpc) is 2.37. The first kappa shape index (κ1) is 15.3. The molecule has 0 radical (unpaired) electrons. The second-order valence-electron chi connectivity index (χ2n) is 3.87. The quantitative estimate of drug-likeness (QED) is 0.615. The maximum absolute atomic E-state index is 11.3. The first-order valence-electron chi connectivity index (χ1n) is 5.92. The Morgan fingerprint density at radius 2 is 2.11 bits per heavy atom. The Bertz CT molecular complexity index is 462. The number of carbonyl (C=O) groups is 2. The van der Waals surface area contributed by atoms with Crippen LogP contribution < -0.4 is 10.5 Å². The Morgan fingerprint density at radius 1 is 1.37 bits per heavy atom. The van der Waals surface area contributed by atoms with E-state index in [1.165, 1.54) is 12.1 Å². The van der Waals surface area contributed by atoms with Gasteiger partial charge >= 0.3 is 5.97 Å². The molecule has 0 aliphatic heterocycles. The number of hydrogen-bond acceptors (Lipinski definition) is 4. The van der Waals surface area contributed by atoms with E-state index in [0.717, 1.165) is 12.8 Å².